The number of aliphatic carboxylic acids is 1. The number of anilines is 1. The predicted molar refractivity (Wildman–Crippen MR) is 301 cm³/mol. The number of hydrogen-bond acceptors (Lipinski definition) is 12. The number of carboxylic acids is 1. The third-order valence-electron chi connectivity index (χ3n) is 14.5. The molecule has 0 spiro atoms. The molecule has 4 N–H and O–H groups in total. The van der Waals surface area contributed by atoms with E-state index in [4.69, 9.17) is 28.3 Å². The minimum Gasteiger partial charge on any atom is -0.481 e. The Labute approximate surface area is 470 Å². The molecule has 0 aromatic heterocycles. The van der Waals surface area contributed by atoms with Gasteiger partial charge in [-0.05, 0) is 141 Å². The van der Waals surface area contributed by atoms with Crippen LogP contribution in [0.3, 0.4) is 0 Å². The van der Waals surface area contributed by atoms with Crippen LogP contribution in [-0.2, 0) is 56.0 Å². The van der Waals surface area contributed by atoms with E-state index in [9.17, 15) is 52.1 Å². The number of allylic oxidation sites excluding steroid dienone is 8. The topological polar surface area (TPSA) is 278 Å². The van der Waals surface area contributed by atoms with Crippen molar-refractivity contribution in [3.8, 4) is 0 Å². The first-order chi connectivity index (χ1) is 36.7. The molecule has 2 aliphatic heterocycles. The molecule has 18 nitrogen and oxygen atoms in total. The van der Waals surface area contributed by atoms with Crippen molar-refractivity contribution >= 4 is 98.2 Å². The maximum absolute atomic E-state index is 15.4. The van der Waals surface area contributed by atoms with Crippen LogP contribution in [0.25, 0.3) is 0 Å². The summed E-state index contributed by atoms with van der Waals surface area (Å²) in [6, 6.07) is 20.7. The number of carbonyl (C=O) groups is 3. The monoisotopic (exact) mass is 1200 g/mol. The normalized spacial score (nSPS) is 18.1. The smallest absolute Gasteiger partial charge is 0.303 e. The minimum atomic E-state index is -4.66. The molecule has 79 heavy (non-hydrogen) atoms. The number of nitrogens with zero attached hydrogens (tertiary/aromatic N) is 3. The Morgan fingerprint density at radius 1 is 0.684 bits per heavy atom. The van der Waals surface area contributed by atoms with Gasteiger partial charge in [0.05, 0.1) is 26.7 Å². The van der Waals surface area contributed by atoms with Crippen LogP contribution in [0.4, 0.5) is 11.4 Å². The zero-order chi connectivity index (χ0) is 58.3. The number of ketones is 2. The lowest BCUT2D eigenvalue weighted by atomic mass is 9.64. The van der Waals surface area contributed by atoms with Crippen molar-refractivity contribution in [1.29, 1.82) is 0 Å². The van der Waals surface area contributed by atoms with Crippen LogP contribution in [0.2, 0.25) is 10.0 Å². The van der Waals surface area contributed by atoms with Gasteiger partial charge in [0.25, 0.3) is 30.4 Å². The summed E-state index contributed by atoms with van der Waals surface area (Å²) in [7, 11) is -16.2. The molecule has 24 heteroatoms. The molecule has 0 unspecified atom stereocenters. The van der Waals surface area contributed by atoms with E-state index in [-0.39, 0.29) is 79.1 Å². The maximum atomic E-state index is 15.4. The number of carbonyl (C=O) groups excluding carboxylic acids is 2. The highest BCUT2D eigenvalue weighted by atomic mass is 35.5. The fourth-order valence-corrected chi connectivity index (χ4v) is 13.5. The van der Waals surface area contributed by atoms with E-state index in [1.165, 1.54) is 85.9 Å². The van der Waals surface area contributed by atoms with Gasteiger partial charge < -0.3 is 10.0 Å². The lowest BCUT2D eigenvalue weighted by Crippen LogP contribution is -2.42. The van der Waals surface area contributed by atoms with Gasteiger partial charge in [-0.2, -0.15) is 29.8 Å². The van der Waals surface area contributed by atoms with Crippen molar-refractivity contribution in [2.24, 2.45) is 5.41 Å². The average Bonchev–Trinajstić information content (AvgIpc) is 3.98. The van der Waals surface area contributed by atoms with Crippen LogP contribution >= 0.6 is 23.2 Å². The predicted octanol–water partition coefficient (Wildman–Crippen LogP) is 9.29. The number of benzene rings is 4. The molecule has 4 aromatic carbocycles. The second kappa shape index (κ2) is 23.1. The Kier molecular flexibility index (Phi) is 17.8. The summed E-state index contributed by atoms with van der Waals surface area (Å²) in [5, 5.41) is 9.84. The van der Waals surface area contributed by atoms with Crippen LogP contribution in [-0.4, -0.2) is 123 Å². The first-order valence-electron chi connectivity index (χ1n) is 24.8. The summed E-state index contributed by atoms with van der Waals surface area (Å²) in [5.74, 6) is -3.35. The first-order valence-corrected chi connectivity index (χ1v) is 31.7. The molecule has 0 atom stereocenters. The third kappa shape index (κ3) is 13.6. The summed E-state index contributed by atoms with van der Waals surface area (Å²) in [4.78, 5) is 43.3. The molecule has 0 saturated carbocycles. The maximum Gasteiger partial charge on any atom is 0.303 e. The number of carboxylic acid groups (broad SMARTS) is 1. The molecule has 0 bridgehead atoms. The van der Waals surface area contributed by atoms with E-state index >= 15 is 9.59 Å². The molecule has 422 valence electrons. The van der Waals surface area contributed by atoms with E-state index in [0.29, 0.717) is 55.1 Å². The molecule has 7 rings (SSSR count). The SMILES string of the molecule is CN(CCCC(=O)O)S(=O)(=O)c1ccc2c(c1)C(C)(C)C(/C=C/C1=CC(=C/C=C3/N(CCCS(=O)(=O)O)c4ccc(S(=O)(=O)O)cc4C3(C)C)/CC(C(=O)c3ccc(Cl)cc3)(C(=O)c3ccc(Cl)cc3)C1)=[N+]2CCCS(=O)(=O)O. The van der Waals surface area contributed by atoms with Gasteiger partial charge in [0.1, 0.15) is 12.0 Å². The largest absolute Gasteiger partial charge is 0.481 e. The second-order valence-corrected chi connectivity index (χ2v) is 28.3. The molecular weight excluding hydrogens is 1140 g/mol. The molecule has 2 heterocycles. The van der Waals surface area contributed by atoms with E-state index in [1.807, 2.05) is 18.4 Å². The second-order valence-electron chi connectivity index (χ2n) is 20.8. The van der Waals surface area contributed by atoms with Crippen molar-refractivity contribution < 1.29 is 71.4 Å². The van der Waals surface area contributed by atoms with Crippen molar-refractivity contribution in [3.63, 3.8) is 0 Å². The molecule has 1 aliphatic carbocycles. The highest BCUT2D eigenvalue weighted by molar-refractivity contribution is 7.89. The third-order valence-corrected chi connectivity index (χ3v) is 19.4. The van der Waals surface area contributed by atoms with Gasteiger partial charge in [-0.3, -0.25) is 28.0 Å². The van der Waals surface area contributed by atoms with Gasteiger partial charge in [0.2, 0.25) is 15.7 Å². The molecule has 0 fully saturated rings. The summed E-state index contributed by atoms with van der Waals surface area (Å²) in [6.07, 6.45) is 8.08. The average molecular weight is 1200 g/mol. The van der Waals surface area contributed by atoms with E-state index in [1.54, 1.807) is 55.2 Å². The molecule has 0 saturated heterocycles. The lowest BCUT2D eigenvalue weighted by Gasteiger charge is -2.35. The summed E-state index contributed by atoms with van der Waals surface area (Å²) in [5.41, 5.74) is 0.494. The Balaban J connectivity index is 1.42. The quantitative estimate of drug-likeness (QED) is 0.0247. The molecule has 4 aromatic rings. The molecule has 3 aliphatic rings. The highest BCUT2D eigenvalue weighted by Crippen LogP contribution is 2.50. The van der Waals surface area contributed by atoms with Crippen LogP contribution in [0, 0.1) is 5.41 Å². The Morgan fingerprint density at radius 3 is 1.80 bits per heavy atom. The Bertz CT molecular complexity index is 3700. The van der Waals surface area contributed by atoms with Crippen LogP contribution in [0.15, 0.2) is 142 Å². The van der Waals surface area contributed by atoms with Gasteiger partial charge in [0.15, 0.2) is 17.3 Å². The van der Waals surface area contributed by atoms with Crippen molar-refractivity contribution in [2.45, 2.75) is 86.8 Å². The van der Waals surface area contributed by atoms with Gasteiger partial charge in [-0.1, -0.05) is 55.3 Å². The van der Waals surface area contributed by atoms with Gasteiger partial charge in [0, 0.05) is 88.7 Å². The number of halogens is 2. The standard InChI is InChI=1S/C55H59Cl2N3O15S4/c1-53(2)44-32-42(78(71,72)58(5)26-6-9-50(61)62)20-22-46(44)59(27-7-29-76(65,66)67)48(53)24-10-36-31-37(35-55(34-36,51(63)38-12-16-40(56)17-13-38)52(64)39-14-18-41(57)19-15-39)11-25-49-54(3,4)45-33-43(79(73,74)75)21-23-47(45)60(49)28-8-30-77(68,69)70/h10-25,31-33H,6-9,26-30,34-35H2,1-5H3,(H3-,61,62,65,66,67,68,69,70,73,74,75)/p+1. The van der Waals surface area contributed by atoms with E-state index < -0.39 is 85.7 Å². The fourth-order valence-electron chi connectivity index (χ4n) is 10.5. The van der Waals surface area contributed by atoms with Crippen LogP contribution in [0.5, 0.6) is 0 Å². The summed E-state index contributed by atoms with van der Waals surface area (Å²) < 4.78 is 133. The van der Waals surface area contributed by atoms with Crippen LogP contribution in [0.1, 0.15) is 98.1 Å². The highest BCUT2D eigenvalue weighted by Gasteiger charge is 2.50. The van der Waals surface area contributed by atoms with Gasteiger partial charge in [-0.15, -0.1) is 0 Å². The Hall–Kier alpha value is -5.66. The van der Waals surface area contributed by atoms with Crippen molar-refractivity contribution in [3.05, 3.63) is 164 Å². The lowest BCUT2D eigenvalue weighted by molar-refractivity contribution is -0.437. The van der Waals surface area contributed by atoms with Crippen LogP contribution < -0.4 is 4.90 Å². The van der Waals surface area contributed by atoms with E-state index in [0.717, 1.165) is 4.31 Å². The molecular formula is C55H60Cl2N3O15S4+. The van der Waals surface area contributed by atoms with E-state index in [2.05, 4.69) is 0 Å². The minimum absolute atomic E-state index is 0.0305. The van der Waals surface area contributed by atoms with Crippen molar-refractivity contribution in [1.82, 2.24) is 4.31 Å². The number of sulfonamides is 1. The zero-order valence-electron chi connectivity index (χ0n) is 43.8. The summed E-state index contributed by atoms with van der Waals surface area (Å²) >= 11 is 12.6. The number of hydrogen-bond donors (Lipinski definition) is 4. The van der Waals surface area contributed by atoms with Gasteiger partial charge in [-0.25, -0.2) is 12.7 Å². The Morgan fingerprint density at radius 2 is 1.24 bits per heavy atom. The van der Waals surface area contributed by atoms with Gasteiger partial charge >= 0.3 is 5.97 Å². The summed E-state index contributed by atoms with van der Waals surface area (Å²) in [6.45, 7) is 7.28. The fraction of sp³-hybridized carbons (Fsp3) is 0.345. The van der Waals surface area contributed by atoms with Crippen molar-refractivity contribution in [2.75, 3.05) is 43.1 Å². The zero-order valence-corrected chi connectivity index (χ0v) is 48.5. The number of fused-ring (bicyclic) bond motifs is 2. The number of rotatable bonds is 22. The molecule has 0 amide bonds. The molecule has 0 radical (unpaired) electrons. The number of Topliss-reactive ketones (excluding diaryl/α,β-unsaturated/α-hetero) is 2. The first kappa shape index (κ1) is 61.0.